The molecule has 1 aliphatic rings. The number of methoxy groups -OCH3 is 1. The molecule has 1 aromatic carbocycles. The highest BCUT2D eigenvalue weighted by Gasteiger charge is 2.24. The van der Waals surface area contributed by atoms with E-state index in [2.05, 4.69) is 20.5 Å². The molecule has 5 rings (SSSR count). The lowest BCUT2D eigenvalue weighted by Gasteiger charge is -2.22. The fourth-order valence-corrected chi connectivity index (χ4v) is 4.50. The summed E-state index contributed by atoms with van der Waals surface area (Å²) in [6.07, 6.45) is 7.97. The summed E-state index contributed by atoms with van der Waals surface area (Å²) in [5, 5.41) is 11.7. The highest BCUT2D eigenvalue weighted by atomic mass is 16.5. The summed E-state index contributed by atoms with van der Waals surface area (Å²) in [7, 11) is 1.37. The summed E-state index contributed by atoms with van der Waals surface area (Å²) in [4.78, 5) is 16.1. The van der Waals surface area contributed by atoms with Crippen LogP contribution >= 0.6 is 0 Å². The maximum absolute atomic E-state index is 11.8. The van der Waals surface area contributed by atoms with Crippen molar-refractivity contribution >= 4 is 22.8 Å². The molecule has 0 radical (unpaired) electrons. The molecule has 1 fully saturated rings. The second kappa shape index (κ2) is 9.56. The van der Waals surface area contributed by atoms with Crippen LogP contribution in [0.1, 0.15) is 40.4 Å². The first kappa shape index (κ1) is 22.0. The van der Waals surface area contributed by atoms with Crippen molar-refractivity contribution in [2.75, 3.05) is 32.5 Å². The van der Waals surface area contributed by atoms with Gasteiger partial charge in [0.2, 0.25) is 5.75 Å². The first-order chi connectivity index (χ1) is 16.7. The standard InChI is InChI=1S/C25H27N5O4/c1-32-25(31)17-4-2-3-15(11-17)7-10-33-23-22-19(12-28-24(23)26)20(14-34-22)18-13-29-30-21(18)16-5-8-27-9-6-16/h2-4,11-14,16,27H,5-10H2,1H3,(H2,26,28)(H,29,30). The molecule has 4 N–H and O–H groups in total. The summed E-state index contributed by atoms with van der Waals surface area (Å²) < 4.78 is 16.8. The molecule has 0 saturated carbocycles. The Morgan fingerprint density at radius 2 is 2.09 bits per heavy atom. The number of nitrogens with two attached hydrogens (primary N) is 1. The number of benzene rings is 1. The lowest BCUT2D eigenvalue weighted by atomic mass is 9.90. The Hall–Kier alpha value is -3.85. The number of nitrogens with one attached hydrogen (secondary N) is 2. The predicted molar refractivity (Wildman–Crippen MR) is 128 cm³/mol. The molecular formula is C25H27N5O4. The molecule has 1 saturated heterocycles. The van der Waals surface area contributed by atoms with E-state index in [1.54, 1.807) is 24.6 Å². The Balaban J connectivity index is 1.38. The molecule has 0 spiro atoms. The van der Waals surface area contributed by atoms with Gasteiger partial charge in [-0.25, -0.2) is 9.78 Å². The average Bonchev–Trinajstić information content (AvgIpc) is 3.52. The molecule has 0 unspecified atom stereocenters. The van der Waals surface area contributed by atoms with E-state index in [1.165, 1.54) is 7.11 Å². The second-order valence-corrected chi connectivity index (χ2v) is 8.38. The normalized spacial score (nSPS) is 14.4. The summed E-state index contributed by atoms with van der Waals surface area (Å²) in [6.45, 7) is 2.33. The molecule has 4 aromatic rings. The third-order valence-electron chi connectivity index (χ3n) is 6.29. The number of hydrogen-bond donors (Lipinski definition) is 3. The van der Waals surface area contributed by atoms with Crippen LogP contribution in [-0.2, 0) is 11.2 Å². The van der Waals surface area contributed by atoms with Crippen LogP contribution in [-0.4, -0.2) is 48.0 Å². The molecule has 34 heavy (non-hydrogen) atoms. The molecule has 0 atom stereocenters. The van der Waals surface area contributed by atoms with Crippen molar-refractivity contribution in [1.29, 1.82) is 0 Å². The number of anilines is 1. The van der Waals surface area contributed by atoms with Gasteiger partial charge in [0.05, 0.1) is 30.9 Å². The Bertz CT molecular complexity index is 1310. The number of hydrogen-bond acceptors (Lipinski definition) is 8. The highest BCUT2D eigenvalue weighted by Crippen LogP contribution is 2.40. The number of ether oxygens (including phenoxy) is 2. The first-order valence-corrected chi connectivity index (χ1v) is 11.4. The highest BCUT2D eigenvalue weighted by molar-refractivity contribution is 5.98. The van der Waals surface area contributed by atoms with E-state index < -0.39 is 0 Å². The fraction of sp³-hybridized carbons (Fsp3) is 0.320. The number of H-pyrrole nitrogens is 1. The first-order valence-electron chi connectivity index (χ1n) is 11.4. The van der Waals surface area contributed by atoms with Gasteiger partial charge >= 0.3 is 5.97 Å². The van der Waals surface area contributed by atoms with Crippen molar-refractivity contribution in [3.05, 3.63) is 59.7 Å². The van der Waals surface area contributed by atoms with Crippen LogP contribution in [0.4, 0.5) is 5.82 Å². The van der Waals surface area contributed by atoms with Gasteiger partial charge in [0.15, 0.2) is 11.4 Å². The molecule has 3 aromatic heterocycles. The third kappa shape index (κ3) is 4.22. The van der Waals surface area contributed by atoms with Gasteiger partial charge in [-0.1, -0.05) is 12.1 Å². The Morgan fingerprint density at radius 3 is 2.91 bits per heavy atom. The van der Waals surface area contributed by atoms with E-state index in [4.69, 9.17) is 19.6 Å². The molecular weight excluding hydrogens is 434 g/mol. The van der Waals surface area contributed by atoms with Crippen LogP contribution in [0, 0.1) is 0 Å². The van der Waals surface area contributed by atoms with Gasteiger partial charge in [0.25, 0.3) is 0 Å². The zero-order valence-electron chi connectivity index (χ0n) is 19.0. The topological polar surface area (TPSA) is 128 Å². The van der Waals surface area contributed by atoms with Gasteiger partial charge in [0.1, 0.15) is 6.26 Å². The molecule has 1 aliphatic heterocycles. The summed E-state index contributed by atoms with van der Waals surface area (Å²) in [5.74, 6) is 0.733. The Labute approximate surface area is 196 Å². The number of nitrogens with zero attached hydrogens (tertiary/aromatic N) is 2. The van der Waals surface area contributed by atoms with Crippen molar-refractivity contribution in [3.63, 3.8) is 0 Å². The van der Waals surface area contributed by atoms with Crippen LogP contribution < -0.4 is 15.8 Å². The van der Waals surface area contributed by atoms with Gasteiger partial charge in [-0.05, 0) is 43.6 Å². The number of nitrogen functional groups attached to an aromatic ring is 1. The smallest absolute Gasteiger partial charge is 0.337 e. The van der Waals surface area contributed by atoms with Gasteiger partial charge in [-0.15, -0.1) is 0 Å². The van der Waals surface area contributed by atoms with Crippen LogP contribution in [0.15, 0.2) is 47.3 Å². The molecule has 176 valence electrons. The Kier molecular flexibility index (Phi) is 6.18. The zero-order valence-corrected chi connectivity index (χ0v) is 19.0. The van der Waals surface area contributed by atoms with E-state index in [1.807, 2.05) is 18.3 Å². The minimum absolute atomic E-state index is 0.266. The number of aromatic nitrogens is 3. The SMILES string of the molecule is COC(=O)c1cccc(CCOc2c(N)ncc3c(-c4cn[nH]c4C4CCNCC4)coc23)c1. The van der Waals surface area contributed by atoms with Gasteiger partial charge in [0, 0.05) is 35.4 Å². The van der Waals surface area contributed by atoms with E-state index in [9.17, 15) is 4.79 Å². The molecule has 0 amide bonds. The number of rotatable bonds is 7. The zero-order chi connectivity index (χ0) is 23.5. The number of esters is 1. The van der Waals surface area contributed by atoms with E-state index in [0.717, 1.165) is 53.7 Å². The molecule has 0 aliphatic carbocycles. The lowest BCUT2D eigenvalue weighted by Crippen LogP contribution is -2.27. The van der Waals surface area contributed by atoms with Crippen LogP contribution in [0.2, 0.25) is 0 Å². The van der Waals surface area contributed by atoms with E-state index >= 15 is 0 Å². The molecule has 4 heterocycles. The van der Waals surface area contributed by atoms with Gasteiger partial charge in [-0.3, -0.25) is 5.10 Å². The predicted octanol–water partition coefficient (Wildman–Crippen LogP) is 3.68. The van der Waals surface area contributed by atoms with Crippen LogP contribution in [0.5, 0.6) is 5.75 Å². The summed E-state index contributed by atoms with van der Waals surface area (Å²) in [6, 6.07) is 7.27. The number of furan rings is 1. The van der Waals surface area contributed by atoms with E-state index in [0.29, 0.717) is 35.8 Å². The molecule has 9 heteroatoms. The number of fused-ring (bicyclic) bond motifs is 1. The maximum atomic E-state index is 11.8. The van der Waals surface area contributed by atoms with E-state index in [-0.39, 0.29) is 11.8 Å². The maximum Gasteiger partial charge on any atom is 0.337 e. The number of carbonyl (C=O) groups is 1. The number of carbonyl (C=O) groups excluding carboxylic acids is 1. The lowest BCUT2D eigenvalue weighted by molar-refractivity contribution is 0.0600. The minimum Gasteiger partial charge on any atom is -0.486 e. The van der Waals surface area contributed by atoms with Crippen molar-refractivity contribution in [2.45, 2.75) is 25.2 Å². The monoisotopic (exact) mass is 461 g/mol. The quantitative estimate of drug-likeness (QED) is 0.356. The number of aromatic amines is 1. The van der Waals surface area contributed by atoms with Crippen molar-refractivity contribution in [1.82, 2.24) is 20.5 Å². The summed E-state index contributed by atoms with van der Waals surface area (Å²) in [5.41, 5.74) is 11.2. The third-order valence-corrected chi connectivity index (χ3v) is 6.29. The largest absolute Gasteiger partial charge is 0.486 e. The number of pyridine rings is 1. The summed E-state index contributed by atoms with van der Waals surface area (Å²) >= 11 is 0. The number of piperidine rings is 1. The van der Waals surface area contributed by atoms with Gasteiger partial charge < -0.3 is 24.9 Å². The average molecular weight is 462 g/mol. The van der Waals surface area contributed by atoms with Crippen molar-refractivity contribution in [2.24, 2.45) is 0 Å². The minimum atomic E-state index is -0.368. The van der Waals surface area contributed by atoms with Crippen molar-refractivity contribution < 1.29 is 18.7 Å². The fourth-order valence-electron chi connectivity index (χ4n) is 4.50. The van der Waals surface area contributed by atoms with Crippen LogP contribution in [0.25, 0.3) is 22.1 Å². The van der Waals surface area contributed by atoms with Gasteiger partial charge in [-0.2, -0.15) is 5.10 Å². The second-order valence-electron chi connectivity index (χ2n) is 8.38. The van der Waals surface area contributed by atoms with Crippen molar-refractivity contribution in [3.8, 4) is 16.9 Å². The Morgan fingerprint density at radius 1 is 1.24 bits per heavy atom. The van der Waals surface area contributed by atoms with Crippen LogP contribution in [0.3, 0.4) is 0 Å². The molecule has 0 bridgehead atoms. The molecule has 9 nitrogen and oxygen atoms in total.